The van der Waals surface area contributed by atoms with Gasteiger partial charge in [-0.2, -0.15) is 10.5 Å². The summed E-state index contributed by atoms with van der Waals surface area (Å²) in [5.41, 5.74) is 1.70. The van der Waals surface area contributed by atoms with E-state index in [2.05, 4.69) is 0 Å². The fraction of sp³-hybridized carbons (Fsp3) is 0.0769. The molecule has 1 N–H and O–H groups in total. The van der Waals surface area contributed by atoms with E-state index in [4.69, 9.17) is 15.7 Å². The van der Waals surface area contributed by atoms with Crippen molar-refractivity contribution in [2.75, 3.05) is 5.23 Å². The summed E-state index contributed by atoms with van der Waals surface area (Å²) >= 11 is 0. The summed E-state index contributed by atoms with van der Waals surface area (Å²) in [7, 11) is 0. The zero-order chi connectivity index (χ0) is 13.5. The number of anilines is 1. The van der Waals surface area contributed by atoms with Gasteiger partial charge in [0.2, 0.25) is 0 Å². The predicted octanol–water partition coefficient (Wildman–Crippen LogP) is 2.76. The summed E-state index contributed by atoms with van der Waals surface area (Å²) < 4.78 is 0. The standard InChI is InChI=1S/C13H10N3O2/c1-10(7-12(8-14)9-15)6-11-2-4-13(5-3-11)16(17)18/h2-7,17H,1H3/q-1/b10-6+. The van der Waals surface area contributed by atoms with Gasteiger partial charge < -0.3 is 10.4 Å². The van der Waals surface area contributed by atoms with E-state index < -0.39 is 0 Å². The number of benzene rings is 1. The summed E-state index contributed by atoms with van der Waals surface area (Å²) in [6, 6.07) is 9.76. The van der Waals surface area contributed by atoms with Crippen molar-refractivity contribution in [1.82, 2.24) is 0 Å². The summed E-state index contributed by atoms with van der Waals surface area (Å²) in [6.45, 7) is 1.76. The third kappa shape index (κ3) is 3.76. The zero-order valence-electron chi connectivity index (χ0n) is 9.66. The maximum Gasteiger partial charge on any atom is 0.129 e. The minimum atomic E-state index is -0.219. The van der Waals surface area contributed by atoms with Crippen LogP contribution in [0.25, 0.3) is 6.08 Å². The van der Waals surface area contributed by atoms with Gasteiger partial charge in [-0.25, -0.2) is 0 Å². The second-order valence-corrected chi connectivity index (χ2v) is 3.53. The molecule has 0 radical (unpaired) electrons. The van der Waals surface area contributed by atoms with E-state index in [1.165, 1.54) is 18.2 Å². The first-order valence-electron chi connectivity index (χ1n) is 5.03. The third-order valence-corrected chi connectivity index (χ3v) is 2.12. The van der Waals surface area contributed by atoms with Crippen LogP contribution in [-0.2, 0) is 0 Å². The molecule has 0 aliphatic rings. The predicted molar refractivity (Wildman–Crippen MR) is 67.0 cm³/mol. The number of hydrogen-bond donors (Lipinski definition) is 1. The topological polar surface area (TPSA) is 94.1 Å². The Morgan fingerprint density at radius 2 is 1.83 bits per heavy atom. The highest BCUT2D eigenvalue weighted by Gasteiger charge is 1.95. The van der Waals surface area contributed by atoms with E-state index in [0.29, 0.717) is 0 Å². The number of hydrogen-bond acceptors (Lipinski definition) is 5. The molecule has 1 aromatic carbocycles. The molecular weight excluding hydrogens is 230 g/mol. The second-order valence-electron chi connectivity index (χ2n) is 3.53. The molecule has 0 saturated heterocycles. The molecule has 0 heterocycles. The lowest BCUT2D eigenvalue weighted by molar-refractivity contribution is 0.296. The first-order valence-corrected chi connectivity index (χ1v) is 5.03. The Bertz CT molecular complexity index is 541. The molecule has 1 rings (SSSR count). The van der Waals surface area contributed by atoms with Gasteiger partial charge in [0.1, 0.15) is 17.7 Å². The molecule has 0 aromatic heterocycles. The zero-order valence-corrected chi connectivity index (χ0v) is 9.66. The van der Waals surface area contributed by atoms with Crippen LogP contribution in [0.2, 0.25) is 0 Å². The Balaban J connectivity index is 2.94. The largest absolute Gasteiger partial charge is 0.733 e. The SMILES string of the molecule is C/C(C=C(C#N)C#N)=C\c1ccc(N([O-])O)cc1. The average Bonchev–Trinajstić information content (AvgIpc) is 2.36. The number of nitrogens with zero attached hydrogens (tertiary/aromatic N) is 3. The molecule has 0 aliphatic heterocycles. The van der Waals surface area contributed by atoms with Crippen molar-refractivity contribution in [3.63, 3.8) is 0 Å². The molecule has 0 unspecified atom stereocenters. The normalized spacial score (nSPS) is 10.2. The van der Waals surface area contributed by atoms with Crippen LogP contribution in [-0.4, -0.2) is 5.21 Å². The van der Waals surface area contributed by atoms with Gasteiger partial charge in [-0.3, -0.25) is 5.21 Å². The minimum absolute atomic E-state index is 0.0291. The van der Waals surface area contributed by atoms with Crippen molar-refractivity contribution in [2.45, 2.75) is 6.92 Å². The fourth-order valence-corrected chi connectivity index (χ4v) is 1.32. The smallest absolute Gasteiger partial charge is 0.129 e. The number of rotatable bonds is 3. The Morgan fingerprint density at radius 3 is 2.28 bits per heavy atom. The van der Waals surface area contributed by atoms with Gasteiger partial charge in [-0.1, -0.05) is 18.2 Å². The lowest BCUT2D eigenvalue weighted by Crippen LogP contribution is -2.06. The molecule has 18 heavy (non-hydrogen) atoms. The Hall–Kier alpha value is -2.60. The first kappa shape index (κ1) is 13.5. The Kier molecular flexibility index (Phi) is 4.65. The van der Waals surface area contributed by atoms with Gasteiger partial charge in [-0.15, -0.1) is 0 Å². The molecule has 0 saturated carbocycles. The van der Waals surface area contributed by atoms with Gasteiger partial charge in [0, 0.05) is 0 Å². The van der Waals surface area contributed by atoms with Crippen molar-refractivity contribution in [2.24, 2.45) is 0 Å². The molecule has 0 fully saturated rings. The van der Waals surface area contributed by atoms with Crippen molar-refractivity contribution in [3.8, 4) is 12.1 Å². The van der Waals surface area contributed by atoms with Crippen LogP contribution in [0.5, 0.6) is 0 Å². The van der Waals surface area contributed by atoms with Crippen LogP contribution >= 0.6 is 0 Å². The van der Waals surface area contributed by atoms with Gasteiger partial charge >= 0.3 is 0 Å². The van der Waals surface area contributed by atoms with Crippen molar-refractivity contribution in [3.05, 3.63) is 52.3 Å². The van der Waals surface area contributed by atoms with Crippen LogP contribution in [0.1, 0.15) is 12.5 Å². The summed E-state index contributed by atoms with van der Waals surface area (Å²) in [5.74, 6) is 0. The minimum Gasteiger partial charge on any atom is -0.733 e. The lowest BCUT2D eigenvalue weighted by Gasteiger charge is -2.21. The van der Waals surface area contributed by atoms with Gasteiger partial charge in [0.15, 0.2) is 0 Å². The van der Waals surface area contributed by atoms with E-state index in [-0.39, 0.29) is 16.5 Å². The monoisotopic (exact) mass is 240 g/mol. The molecule has 0 atom stereocenters. The van der Waals surface area contributed by atoms with Crippen LogP contribution < -0.4 is 5.23 Å². The molecule has 0 amide bonds. The fourth-order valence-electron chi connectivity index (χ4n) is 1.32. The van der Waals surface area contributed by atoms with E-state index in [1.807, 2.05) is 0 Å². The van der Waals surface area contributed by atoms with Gasteiger partial charge in [-0.05, 0) is 36.3 Å². The highest BCUT2D eigenvalue weighted by atomic mass is 16.8. The average molecular weight is 240 g/mol. The maximum absolute atomic E-state index is 10.6. The Morgan fingerprint density at radius 1 is 1.28 bits per heavy atom. The van der Waals surface area contributed by atoms with Crippen LogP contribution in [0.3, 0.4) is 0 Å². The molecule has 0 aliphatic carbocycles. The van der Waals surface area contributed by atoms with Crippen LogP contribution in [0, 0.1) is 27.9 Å². The van der Waals surface area contributed by atoms with Crippen molar-refractivity contribution >= 4 is 11.8 Å². The molecule has 5 heteroatoms. The molecule has 1 aromatic rings. The summed E-state index contributed by atoms with van der Waals surface area (Å²) in [6.07, 6.45) is 3.23. The summed E-state index contributed by atoms with van der Waals surface area (Å²) in [4.78, 5) is 0. The maximum atomic E-state index is 10.6. The van der Waals surface area contributed by atoms with E-state index in [1.54, 1.807) is 37.3 Å². The quantitative estimate of drug-likeness (QED) is 0.498. The number of nitriles is 2. The molecule has 5 nitrogen and oxygen atoms in total. The lowest BCUT2D eigenvalue weighted by atomic mass is 10.1. The van der Waals surface area contributed by atoms with E-state index in [9.17, 15) is 5.21 Å². The molecule has 0 spiro atoms. The van der Waals surface area contributed by atoms with Crippen molar-refractivity contribution in [1.29, 1.82) is 10.5 Å². The van der Waals surface area contributed by atoms with Crippen LogP contribution in [0.15, 0.2) is 41.5 Å². The molecule has 0 bridgehead atoms. The highest BCUT2D eigenvalue weighted by Crippen LogP contribution is 2.15. The van der Waals surface area contributed by atoms with E-state index >= 15 is 0 Å². The molecule has 90 valence electrons. The Labute approximate surface area is 105 Å². The van der Waals surface area contributed by atoms with Gasteiger partial charge in [0.05, 0.1) is 5.69 Å². The summed E-state index contributed by atoms with van der Waals surface area (Å²) in [5, 5.41) is 36.2. The van der Waals surface area contributed by atoms with Crippen LogP contribution in [0.4, 0.5) is 5.69 Å². The third-order valence-electron chi connectivity index (χ3n) is 2.12. The van der Waals surface area contributed by atoms with E-state index in [0.717, 1.165) is 11.1 Å². The van der Waals surface area contributed by atoms with Gasteiger partial charge in [0.25, 0.3) is 0 Å². The molecular formula is C13H10N3O2-. The first-order chi connectivity index (χ1) is 8.56. The second kappa shape index (κ2) is 6.21. The highest BCUT2D eigenvalue weighted by molar-refractivity contribution is 5.60. The number of allylic oxidation sites excluding steroid dienone is 3. The van der Waals surface area contributed by atoms with Crippen molar-refractivity contribution < 1.29 is 5.21 Å².